The Labute approximate surface area is 81.6 Å². The van der Waals surface area contributed by atoms with Gasteiger partial charge < -0.3 is 5.11 Å². The number of fused-ring (bicyclic) bond motifs is 1. The number of halogens is 1. The number of carboxylic acids is 1. The molecule has 0 amide bonds. The van der Waals surface area contributed by atoms with E-state index in [1.807, 2.05) is 18.2 Å². The topological polar surface area (TPSA) is 49.7 Å². The second kappa shape index (κ2) is 3.58. The summed E-state index contributed by atoms with van der Waals surface area (Å²) in [4.78, 5) is 14.6. The third kappa shape index (κ3) is 1.70. The monoisotopic (exact) mass is 197 g/mol. The van der Waals surface area contributed by atoms with Crippen LogP contribution in [0.3, 0.4) is 0 Å². The molecule has 0 saturated carbocycles. The number of carboxylic acid groups (broad SMARTS) is 1. The molecule has 0 bridgehead atoms. The molecule has 0 radical (unpaired) electrons. The van der Waals surface area contributed by atoms with Crippen molar-refractivity contribution in [1.82, 2.24) is 0 Å². The molecule has 68 valence electrons. The average molecular weight is 198 g/mol. The number of aliphatic imine (C=N–C) groups is 1. The molecule has 13 heavy (non-hydrogen) atoms. The number of nitrogens with zero attached hydrogens (tertiary/aromatic N) is 1. The zero-order valence-corrected chi connectivity index (χ0v) is 7.54. The molecule has 1 aliphatic heterocycles. The van der Waals surface area contributed by atoms with Crippen molar-refractivity contribution >= 4 is 24.1 Å². The van der Waals surface area contributed by atoms with Crippen LogP contribution < -0.4 is 0 Å². The third-order valence-electron chi connectivity index (χ3n) is 1.90. The molecular formula is C9H8ClNO2. The minimum absolute atomic E-state index is 0. The first-order chi connectivity index (χ1) is 5.77. The summed E-state index contributed by atoms with van der Waals surface area (Å²) in [5.41, 5.74) is 2.24. The summed E-state index contributed by atoms with van der Waals surface area (Å²) in [6.07, 6.45) is 7.57. The van der Waals surface area contributed by atoms with E-state index in [9.17, 15) is 4.79 Å². The molecular weight excluding hydrogens is 190 g/mol. The number of carbonyl (C=O) groups is 1. The first-order valence-corrected chi connectivity index (χ1v) is 3.65. The summed E-state index contributed by atoms with van der Waals surface area (Å²) in [6, 6.07) is 0. The Bertz CT molecular complexity index is 364. The second-order valence-electron chi connectivity index (χ2n) is 2.70. The highest BCUT2D eigenvalue weighted by Crippen LogP contribution is 2.22. The van der Waals surface area contributed by atoms with Crippen LogP contribution >= 0.6 is 12.4 Å². The van der Waals surface area contributed by atoms with Crippen molar-refractivity contribution < 1.29 is 9.90 Å². The molecule has 0 aromatic rings. The van der Waals surface area contributed by atoms with E-state index in [1.165, 1.54) is 6.20 Å². The van der Waals surface area contributed by atoms with Gasteiger partial charge in [-0.1, -0.05) is 12.2 Å². The number of rotatable bonds is 1. The molecule has 2 aliphatic rings. The highest BCUT2D eigenvalue weighted by Gasteiger charge is 2.18. The van der Waals surface area contributed by atoms with Crippen molar-refractivity contribution in [2.45, 2.75) is 6.42 Å². The van der Waals surface area contributed by atoms with Crippen molar-refractivity contribution in [1.29, 1.82) is 0 Å². The molecule has 1 N–H and O–H groups in total. The predicted octanol–water partition coefficient (Wildman–Crippen LogP) is 1.72. The smallest absolute Gasteiger partial charge is 0.333 e. The lowest BCUT2D eigenvalue weighted by Crippen LogP contribution is -2.08. The van der Waals surface area contributed by atoms with E-state index in [0.29, 0.717) is 12.0 Å². The zero-order valence-electron chi connectivity index (χ0n) is 6.73. The Morgan fingerprint density at radius 2 is 2.31 bits per heavy atom. The van der Waals surface area contributed by atoms with E-state index < -0.39 is 5.97 Å². The summed E-state index contributed by atoms with van der Waals surface area (Å²) in [7, 11) is 0. The van der Waals surface area contributed by atoms with Gasteiger partial charge in [-0.15, -0.1) is 12.4 Å². The maximum Gasteiger partial charge on any atom is 0.333 e. The van der Waals surface area contributed by atoms with Crippen LogP contribution in [0, 0.1) is 0 Å². The van der Waals surface area contributed by atoms with Crippen LogP contribution in [-0.4, -0.2) is 16.8 Å². The zero-order chi connectivity index (χ0) is 8.55. The molecule has 0 atom stereocenters. The van der Waals surface area contributed by atoms with Gasteiger partial charge in [-0.25, -0.2) is 4.79 Å². The normalized spacial score (nSPS) is 18.0. The molecule has 0 spiro atoms. The highest BCUT2D eigenvalue weighted by molar-refractivity contribution is 6.13. The molecule has 3 nitrogen and oxygen atoms in total. The van der Waals surface area contributed by atoms with Gasteiger partial charge in [0.2, 0.25) is 0 Å². The van der Waals surface area contributed by atoms with Crippen molar-refractivity contribution in [3.8, 4) is 0 Å². The first-order valence-electron chi connectivity index (χ1n) is 3.65. The molecule has 4 heteroatoms. The molecule has 0 fully saturated rings. The fourth-order valence-corrected chi connectivity index (χ4v) is 1.25. The molecule has 2 rings (SSSR count). The Hall–Kier alpha value is -1.35. The summed E-state index contributed by atoms with van der Waals surface area (Å²) in [6.45, 7) is 0. The quantitative estimate of drug-likeness (QED) is 0.696. The van der Waals surface area contributed by atoms with Gasteiger partial charge >= 0.3 is 5.97 Å². The van der Waals surface area contributed by atoms with E-state index in [0.717, 1.165) is 11.3 Å². The first kappa shape index (κ1) is 9.74. The summed E-state index contributed by atoms with van der Waals surface area (Å²) in [5.74, 6) is -0.884. The second-order valence-corrected chi connectivity index (χ2v) is 2.70. The standard InChI is InChI=1S/C9H7NO2.ClH/c11-9(12)7-4-6-2-1-3-8(6)10-5-7;/h1-3,5H,4H2,(H,11,12);1H. The predicted molar refractivity (Wildman–Crippen MR) is 52.2 cm³/mol. The van der Waals surface area contributed by atoms with Crippen LogP contribution in [0.2, 0.25) is 0 Å². The van der Waals surface area contributed by atoms with Crippen molar-refractivity contribution in [3.05, 3.63) is 35.6 Å². The van der Waals surface area contributed by atoms with E-state index in [2.05, 4.69) is 4.99 Å². The minimum atomic E-state index is -0.884. The van der Waals surface area contributed by atoms with Crippen molar-refractivity contribution in [2.75, 3.05) is 0 Å². The van der Waals surface area contributed by atoms with Gasteiger partial charge in [-0.3, -0.25) is 4.99 Å². The van der Waals surface area contributed by atoms with Crippen LogP contribution in [0.1, 0.15) is 6.42 Å². The fraction of sp³-hybridized carbons (Fsp3) is 0.111. The van der Waals surface area contributed by atoms with E-state index in [4.69, 9.17) is 5.11 Å². The van der Waals surface area contributed by atoms with E-state index in [1.54, 1.807) is 0 Å². The molecule has 0 saturated heterocycles. The van der Waals surface area contributed by atoms with E-state index in [-0.39, 0.29) is 12.4 Å². The lowest BCUT2D eigenvalue weighted by Gasteiger charge is -2.08. The molecule has 0 aromatic carbocycles. The van der Waals surface area contributed by atoms with Gasteiger partial charge in [0, 0.05) is 12.6 Å². The Balaban J connectivity index is 0.000000845. The van der Waals surface area contributed by atoms with Gasteiger partial charge in [0.25, 0.3) is 0 Å². The van der Waals surface area contributed by atoms with Gasteiger partial charge in [0.15, 0.2) is 0 Å². The number of hydrogen-bond donors (Lipinski definition) is 1. The Kier molecular flexibility index (Phi) is 2.68. The van der Waals surface area contributed by atoms with Crippen LogP contribution in [0.5, 0.6) is 0 Å². The van der Waals surface area contributed by atoms with Crippen LogP contribution in [0.25, 0.3) is 0 Å². The van der Waals surface area contributed by atoms with Crippen molar-refractivity contribution in [2.24, 2.45) is 4.99 Å². The highest BCUT2D eigenvalue weighted by atomic mass is 35.5. The lowest BCUT2D eigenvalue weighted by atomic mass is 10.0. The number of allylic oxidation sites excluding steroid dienone is 4. The minimum Gasteiger partial charge on any atom is -0.478 e. The molecule has 0 aromatic heterocycles. The Morgan fingerprint density at radius 3 is 3.00 bits per heavy atom. The maximum absolute atomic E-state index is 10.6. The van der Waals surface area contributed by atoms with Gasteiger partial charge in [0.1, 0.15) is 0 Å². The fourth-order valence-electron chi connectivity index (χ4n) is 1.25. The lowest BCUT2D eigenvalue weighted by molar-refractivity contribution is -0.132. The number of aliphatic carboxylic acids is 1. The largest absolute Gasteiger partial charge is 0.478 e. The summed E-state index contributed by atoms with van der Waals surface area (Å²) < 4.78 is 0. The van der Waals surface area contributed by atoms with Gasteiger partial charge in [-0.2, -0.15) is 0 Å². The third-order valence-corrected chi connectivity index (χ3v) is 1.90. The van der Waals surface area contributed by atoms with Crippen LogP contribution in [-0.2, 0) is 4.79 Å². The van der Waals surface area contributed by atoms with E-state index >= 15 is 0 Å². The van der Waals surface area contributed by atoms with Crippen LogP contribution in [0.15, 0.2) is 40.6 Å². The van der Waals surface area contributed by atoms with Gasteiger partial charge in [0.05, 0.1) is 11.3 Å². The van der Waals surface area contributed by atoms with Gasteiger partial charge in [-0.05, 0) is 11.6 Å². The molecule has 1 aliphatic carbocycles. The SMILES string of the molecule is Cl.O=C(O)C1=CN=C2C=CC=C2C1. The maximum atomic E-state index is 10.6. The average Bonchev–Trinajstić information content (AvgIpc) is 2.49. The van der Waals surface area contributed by atoms with Crippen molar-refractivity contribution in [3.63, 3.8) is 0 Å². The molecule has 1 heterocycles. The van der Waals surface area contributed by atoms with Crippen LogP contribution in [0.4, 0.5) is 0 Å². The Morgan fingerprint density at radius 1 is 1.54 bits per heavy atom. The number of hydrogen-bond acceptors (Lipinski definition) is 2. The molecule has 0 unspecified atom stereocenters. The summed E-state index contributed by atoms with van der Waals surface area (Å²) in [5, 5.41) is 8.67. The summed E-state index contributed by atoms with van der Waals surface area (Å²) >= 11 is 0.